The molecule has 1 atom stereocenters. The number of hydrogen-bond acceptors (Lipinski definition) is 4. The van der Waals surface area contributed by atoms with Gasteiger partial charge in [-0.15, -0.1) is 0 Å². The van der Waals surface area contributed by atoms with E-state index in [-0.39, 0.29) is 18.1 Å². The molecular formula is C16H22F2N4O3. The van der Waals surface area contributed by atoms with Crippen LogP contribution in [-0.4, -0.2) is 77.2 Å². The predicted octanol–water partition coefficient (Wildman–Crippen LogP) is 0.766. The number of halogens is 2. The molecule has 0 radical (unpaired) electrons. The molecule has 0 aromatic carbocycles. The van der Waals surface area contributed by atoms with Gasteiger partial charge >= 0.3 is 0 Å². The summed E-state index contributed by atoms with van der Waals surface area (Å²) >= 11 is 0. The first-order chi connectivity index (χ1) is 11.8. The lowest BCUT2D eigenvalue weighted by Crippen LogP contribution is -2.57. The minimum absolute atomic E-state index is 0.000311. The maximum atomic E-state index is 14.4. The van der Waals surface area contributed by atoms with Crippen molar-refractivity contribution in [3.05, 3.63) is 18.0 Å². The minimum atomic E-state index is -3.10. The van der Waals surface area contributed by atoms with Gasteiger partial charge in [0, 0.05) is 46.4 Å². The zero-order valence-electron chi connectivity index (χ0n) is 14.4. The van der Waals surface area contributed by atoms with Crippen molar-refractivity contribution < 1.29 is 23.1 Å². The monoisotopic (exact) mass is 356 g/mol. The Morgan fingerprint density at radius 1 is 1.40 bits per heavy atom. The number of hydrogen-bond donors (Lipinski definition) is 0. The molecule has 9 heteroatoms. The van der Waals surface area contributed by atoms with E-state index in [0.29, 0.717) is 26.1 Å². The number of ether oxygens (including phenoxy) is 1. The minimum Gasteiger partial charge on any atom is -0.383 e. The van der Waals surface area contributed by atoms with Crippen molar-refractivity contribution in [2.75, 3.05) is 39.9 Å². The van der Waals surface area contributed by atoms with Crippen LogP contribution in [0.3, 0.4) is 0 Å². The molecule has 25 heavy (non-hydrogen) atoms. The smallest absolute Gasteiger partial charge is 0.274 e. The zero-order chi connectivity index (χ0) is 18.2. The summed E-state index contributed by atoms with van der Waals surface area (Å²) in [6.07, 6.45) is 1.38. The van der Waals surface area contributed by atoms with E-state index in [1.54, 1.807) is 18.1 Å². The average Bonchev–Trinajstić information content (AvgIpc) is 3.09. The molecule has 1 aromatic heterocycles. The molecular weight excluding hydrogens is 334 g/mol. The zero-order valence-corrected chi connectivity index (χ0v) is 14.4. The highest BCUT2D eigenvalue weighted by Crippen LogP contribution is 2.45. The van der Waals surface area contributed by atoms with Crippen LogP contribution >= 0.6 is 0 Å². The standard InChI is InChI=1S/C16H22F2N4O3/c1-20-5-3-12(19-20)13(23)22-10-15(9-16(17,18)11-22)4-6-21(14(15)24)7-8-25-2/h3,5H,4,6-11H2,1-2H3. The molecule has 3 heterocycles. The molecule has 138 valence electrons. The van der Waals surface area contributed by atoms with E-state index in [4.69, 9.17) is 4.74 Å². The van der Waals surface area contributed by atoms with Crippen LogP contribution in [0.25, 0.3) is 0 Å². The topological polar surface area (TPSA) is 67.7 Å². The maximum Gasteiger partial charge on any atom is 0.274 e. The number of carbonyl (C=O) groups excluding carboxylic acids is 2. The summed E-state index contributed by atoms with van der Waals surface area (Å²) in [6, 6.07) is 1.49. The van der Waals surface area contributed by atoms with Crippen molar-refractivity contribution in [2.45, 2.75) is 18.8 Å². The Hall–Kier alpha value is -2.03. The highest BCUT2D eigenvalue weighted by atomic mass is 19.3. The molecule has 2 aliphatic heterocycles. The van der Waals surface area contributed by atoms with Gasteiger partial charge in [-0.25, -0.2) is 8.78 Å². The van der Waals surface area contributed by atoms with E-state index in [2.05, 4.69) is 5.10 Å². The van der Waals surface area contributed by atoms with Crippen molar-refractivity contribution in [2.24, 2.45) is 12.5 Å². The number of methoxy groups -OCH3 is 1. The fraction of sp³-hybridized carbons (Fsp3) is 0.688. The molecule has 1 spiro atoms. The lowest BCUT2D eigenvalue weighted by Gasteiger charge is -2.42. The summed E-state index contributed by atoms with van der Waals surface area (Å²) < 4.78 is 35.2. The number of nitrogens with zero attached hydrogens (tertiary/aromatic N) is 4. The third-order valence-corrected chi connectivity index (χ3v) is 4.90. The number of alkyl halides is 2. The lowest BCUT2D eigenvalue weighted by atomic mass is 9.77. The number of carbonyl (C=O) groups is 2. The van der Waals surface area contributed by atoms with Gasteiger partial charge in [0.25, 0.3) is 11.8 Å². The molecule has 3 rings (SSSR count). The van der Waals surface area contributed by atoms with Gasteiger partial charge in [0.05, 0.1) is 18.6 Å². The van der Waals surface area contributed by atoms with E-state index in [1.165, 1.54) is 17.9 Å². The van der Waals surface area contributed by atoms with Crippen LogP contribution in [0.1, 0.15) is 23.3 Å². The number of aryl methyl sites for hydroxylation is 1. The Labute approximate surface area is 144 Å². The second kappa shape index (κ2) is 6.36. The number of likely N-dealkylation sites (tertiary alicyclic amines) is 2. The summed E-state index contributed by atoms with van der Waals surface area (Å²) in [6.45, 7) is 0.450. The molecule has 0 saturated carbocycles. The highest BCUT2D eigenvalue weighted by Gasteiger charge is 2.57. The van der Waals surface area contributed by atoms with E-state index in [9.17, 15) is 18.4 Å². The van der Waals surface area contributed by atoms with Gasteiger partial charge < -0.3 is 14.5 Å². The third kappa shape index (κ3) is 3.37. The Morgan fingerprint density at radius 2 is 2.16 bits per heavy atom. The summed E-state index contributed by atoms with van der Waals surface area (Å²) in [5.74, 6) is -3.99. The molecule has 0 aliphatic carbocycles. The van der Waals surface area contributed by atoms with Crippen LogP contribution in [0.15, 0.2) is 12.3 Å². The van der Waals surface area contributed by atoms with E-state index in [1.807, 2.05) is 0 Å². The average molecular weight is 356 g/mol. The maximum absolute atomic E-state index is 14.4. The Kier molecular flexibility index (Phi) is 4.52. The van der Waals surface area contributed by atoms with Crippen LogP contribution in [0.5, 0.6) is 0 Å². The summed E-state index contributed by atoms with van der Waals surface area (Å²) in [4.78, 5) is 28.0. The molecule has 2 amide bonds. The van der Waals surface area contributed by atoms with Crippen LogP contribution < -0.4 is 0 Å². The molecule has 1 unspecified atom stereocenters. The fourth-order valence-corrected chi connectivity index (χ4v) is 3.76. The summed E-state index contributed by atoms with van der Waals surface area (Å²) in [7, 11) is 3.18. The molecule has 0 bridgehead atoms. The van der Waals surface area contributed by atoms with Gasteiger partial charge in [0.2, 0.25) is 5.91 Å². The molecule has 2 saturated heterocycles. The second-order valence-electron chi connectivity index (χ2n) is 6.88. The first-order valence-corrected chi connectivity index (χ1v) is 8.21. The highest BCUT2D eigenvalue weighted by molar-refractivity contribution is 5.93. The number of piperidine rings is 1. The van der Waals surface area contributed by atoms with Crippen LogP contribution in [0.2, 0.25) is 0 Å². The van der Waals surface area contributed by atoms with Gasteiger partial charge in [0.15, 0.2) is 0 Å². The molecule has 0 N–H and O–H groups in total. The molecule has 2 fully saturated rings. The van der Waals surface area contributed by atoms with Gasteiger partial charge in [-0.1, -0.05) is 0 Å². The first kappa shape index (κ1) is 17.8. The van der Waals surface area contributed by atoms with Crippen LogP contribution in [0.4, 0.5) is 8.78 Å². The molecule has 1 aromatic rings. The Balaban J connectivity index is 1.82. The normalized spacial score (nSPS) is 25.8. The van der Waals surface area contributed by atoms with Crippen molar-refractivity contribution >= 4 is 11.8 Å². The third-order valence-electron chi connectivity index (χ3n) is 4.90. The van der Waals surface area contributed by atoms with Gasteiger partial charge in [-0.3, -0.25) is 14.3 Å². The van der Waals surface area contributed by atoms with Crippen molar-refractivity contribution in [1.82, 2.24) is 19.6 Å². The van der Waals surface area contributed by atoms with Crippen molar-refractivity contribution in [3.8, 4) is 0 Å². The van der Waals surface area contributed by atoms with Crippen LogP contribution in [-0.2, 0) is 16.6 Å². The van der Waals surface area contributed by atoms with Gasteiger partial charge in [0.1, 0.15) is 5.69 Å². The van der Waals surface area contributed by atoms with E-state index < -0.39 is 30.2 Å². The number of amides is 2. The quantitative estimate of drug-likeness (QED) is 0.799. The number of rotatable bonds is 4. The summed E-state index contributed by atoms with van der Waals surface area (Å²) in [5, 5.41) is 3.99. The van der Waals surface area contributed by atoms with Crippen molar-refractivity contribution in [3.63, 3.8) is 0 Å². The largest absolute Gasteiger partial charge is 0.383 e. The SMILES string of the molecule is COCCN1CCC2(CN(C(=O)c3ccn(C)n3)CC(F)(F)C2)C1=O. The Bertz CT molecular complexity index is 678. The first-order valence-electron chi connectivity index (χ1n) is 8.21. The van der Waals surface area contributed by atoms with E-state index in [0.717, 1.165) is 4.90 Å². The Morgan fingerprint density at radius 3 is 2.80 bits per heavy atom. The van der Waals surface area contributed by atoms with Gasteiger partial charge in [-0.2, -0.15) is 5.10 Å². The fourth-order valence-electron chi connectivity index (χ4n) is 3.76. The second-order valence-corrected chi connectivity index (χ2v) is 6.88. The lowest BCUT2D eigenvalue weighted by molar-refractivity contribution is -0.151. The molecule has 7 nitrogen and oxygen atoms in total. The van der Waals surface area contributed by atoms with E-state index >= 15 is 0 Å². The predicted molar refractivity (Wildman–Crippen MR) is 84.2 cm³/mol. The number of aromatic nitrogens is 2. The van der Waals surface area contributed by atoms with Crippen molar-refractivity contribution in [1.29, 1.82) is 0 Å². The summed E-state index contributed by atoms with van der Waals surface area (Å²) in [5.41, 5.74) is -1.11. The van der Waals surface area contributed by atoms with Crippen LogP contribution in [0, 0.1) is 5.41 Å². The van der Waals surface area contributed by atoms with Gasteiger partial charge in [-0.05, 0) is 12.5 Å². The molecule has 2 aliphatic rings.